The minimum Gasteiger partial charge on any atom is -0.303 e. The lowest BCUT2D eigenvalue weighted by molar-refractivity contribution is -0.112. The van der Waals surface area contributed by atoms with E-state index in [1.165, 1.54) is 5.56 Å². The van der Waals surface area contributed by atoms with Crippen molar-refractivity contribution in [1.82, 2.24) is 0 Å². The number of carbonyl (C=O) groups is 2. The van der Waals surface area contributed by atoms with Gasteiger partial charge in [-0.1, -0.05) is 38.1 Å². The maximum Gasteiger partial charge on any atom is 0.162 e. The predicted octanol–water partition coefficient (Wildman–Crippen LogP) is 4.39. The lowest BCUT2D eigenvalue weighted by atomic mass is 9.74. The van der Waals surface area contributed by atoms with E-state index in [4.69, 9.17) is 0 Å². The molecule has 1 aliphatic rings. The number of aldehydes is 1. The van der Waals surface area contributed by atoms with Crippen molar-refractivity contribution >= 4 is 12.1 Å². The monoisotopic (exact) mass is 272 g/mol. The van der Waals surface area contributed by atoms with Crippen LogP contribution in [0.5, 0.6) is 0 Å². The Bertz CT molecular complexity index is 453. The molecule has 1 atom stereocenters. The summed E-state index contributed by atoms with van der Waals surface area (Å²) in [4.78, 5) is 22.5. The molecule has 0 aliphatic heterocycles. The first-order chi connectivity index (χ1) is 9.65. The second-order valence-corrected chi connectivity index (χ2v) is 6.01. The van der Waals surface area contributed by atoms with Crippen LogP contribution in [0.2, 0.25) is 0 Å². The third-order valence-electron chi connectivity index (χ3n) is 4.76. The van der Waals surface area contributed by atoms with Gasteiger partial charge in [0.1, 0.15) is 6.29 Å². The van der Waals surface area contributed by atoms with E-state index in [0.29, 0.717) is 18.3 Å². The molecule has 0 heterocycles. The minimum atomic E-state index is 0.195. The van der Waals surface area contributed by atoms with Gasteiger partial charge >= 0.3 is 0 Å². The lowest BCUT2D eigenvalue weighted by Gasteiger charge is -2.30. The van der Waals surface area contributed by atoms with Crippen LogP contribution in [0.3, 0.4) is 0 Å². The molecule has 1 aromatic carbocycles. The number of hydrogen-bond donors (Lipinski definition) is 0. The molecule has 108 valence electrons. The van der Waals surface area contributed by atoms with Gasteiger partial charge < -0.3 is 4.79 Å². The highest BCUT2D eigenvalue weighted by Gasteiger charge is 2.25. The van der Waals surface area contributed by atoms with Crippen molar-refractivity contribution < 1.29 is 9.59 Å². The number of hydrogen-bond acceptors (Lipinski definition) is 2. The first-order valence-electron chi connectivity index (χ1n) is 7.74. The topological polar surface area (TPSA) is 34.1 Å². The molecule has 0 saturated heterocycles. The number of benzene rings is 1. The average Bonchev–Trinajstić information content (AvgIpc) is 2.53. The van der Waals surface area contributed by atoms with Crippen LogP contribution in [-0.2, 0) is 4.79 Å². The van der Waals surface area contributed by atoms with Crippen molar-refractivity contribution in [2.75, 3.05) is 0 Å². The van der Waals surface area contributed by atoms with E-state index >= 15 is 0 Å². The van der Waals surface area contributed by atoms with Gasteiger partial charge in [-0.15, -0.1) is 0 Å². The molecule has 2 rings (SSSR count). The summed E-state index contributed by atoms with van der Waals surface area (Å²) in [7, 11) is 0. The van der Waals surface area contributed by atoms with Crippen molar-refractivity contribution in [3.8, 4) is 0 Å². The predicted molar refractivity (Wildman–Crippen MR) is 81.0 cm³/mol. The third kappa shape index (κ3) is 3.36. The zero-order valence-corrected chi connectivity index (χ0v) is 12.5. The molecule has 0 N–H and O–H groups in total. The molecule has 2 heteroatoms. The Labute approximate surface area is 121 Å². The number of rotatable bonds is 5. The van der Waals surface area contributed by atoms with E-state index in [2.05, 4.69) is 12.1 Å². The van der Waals surface area contributed by atoms with Gasteiger partial charge in [-0.2, -0.15) is 0 Å². The molecule has 0 spiro atoms. The molecule has 1 aliphatic carbocycles. The standard InChI is InChI=1S/C18H24O2/c1-3-18(20)17-10-8-16(9-11-17)15-6-4-14(5-7-15)13(2)12-19/h8-15H,3-7H2,1-2H3. The summed E-state index contributed by atoms with van der Waals surface area (Å²) in [5.41, 5.74) is 2.16. The molecule has 20 heavy (non-hydrogen) atoms. The molecule has 1 unspecified atom stereocenters. The van der Waals surface area contributed by atoms with E-state index in [1.54, 1.807) is 0 Å². The van der Waals surface area contributed by atoms with Gasteiger partial charge in [-0.05, 0) is 43.1 Å². The molecule has 1 fully saturated rings. The van der Waals surface area contributed by atoms with E-state index in [0.717, 1.165) is 37.5 Å². The van der Waals surface area contributed by atoms with E-state index in [9.17, 15) is 9.59 Å². The summed E-state index contributed by atoms with van der Waals surface area (Å²) in [6, 6.07) is 8.14. The Morgan fingerprint density at radius 2 is 1.80 bits per heavy atom. The average molecular weight is 272 g/mol. The Balaban J connectivity index is 1.97. The molecule has 0 bridgehead atoms. The van der Waals surface area contributed by atoms with Crippen molar-refractivity contribution in [1.29, 1.82) is 0 Å². The van der Waals surface area contributed by atoms with Crippen molar-refractivity contribution in [2.24, 2.45) is 11.8 Å². The highest BCUT2D eigenvalue weighted by Crippen LogP contribution is 2.38. The molecule has 1 aromatic rings. The van der Waals surface area contributed by atoms with Crippen LogP contribution >= 0.6 is 0 Å². The Hall–Kier alpha value is -1.44. The molecule has 0 aromatic heterocycles. The van der Waals surface area contributed by atoms with E-state index in [1.807, 2.05) is 26.0 Å². The molecule has 0 radical (unpaired) electrons. The van der Waals surface area contributed by atoms with Gasteiger partial charge in [0.25, 0.3) is 0 Å². The van der Waals surface area contributed by atoms with Gasteiger partial charge in [0.15, 0.2) is 5.78 Å². The highest BCUT2D eigenvalue weighted by molar-refractivity contribution is 5.95. The zero-order valence-electron chi connectivity index (χ0n) is 12.5. The molecule has 2 nitrogen and oxygen atoms in total. The van der Waals surface area contributed by atoms with Crippen LogP contribution < -0.4 is 0 Å². The lowest BCUT2D eigenvalue weighted by Crippen LogP contribution is -2.20. The molecule has 0 amide bonds. The summed E-state index contributed by atoms with van der Waals surface area (Å²) < 4.78 is 0. The smallest absolute Gasteiger partial charge is 0.162 e. The Morgan fingerprint density at radius 3 is 2.30 bits per heavy atom. The summed E-state index contributed by atoms with van der Waals surface area (Å²) in [6.07, 6.45) is 6.25. The Kier molecular flexibility index (Phi) is 5.11. The van der Waals surface area contributed by atoms with E-state index < -0.39 is 0 Å². The zero-order chi connectivity index (χ0) is 14.5. The second kappa shape index (κ2) is 6.83. The number of Topliss-reactive ketones (excluding diaryl/α,β-unsaturated/α-hetero) is 1. The van der Waals surface area contributed by atoms with Gasteiger partial charge in [-0.3, -0.25) is 4.79 Å². The first-order valence-corrected chi connectivity index (χ1v) is 7.74. The fourth-order valence-corrected chi connectivity index (χ4v) is 3.23. The van der Waals surface area contributed by atoms with Gasteiger partial charge in [0.2, 0.25) is 0 Å². The van der Waals surface area contributed by atoms with Gasteiger partial charge in [0.05, 0.1) is 0 Å². The van der Waals surface area contributed by atoms with Crippen LogP contribution in [0.4, 0.5) is 0 Å². The summed E-state index contributed by atoms with van der Waals surface area (Å²) in [6.45, 7) is 3.93. The quantitative estimate of drug-likeness (QED) is 0.588. The van der Waals surface area contributed by atoms with Crippen LogP contribution in [0, 0.1) is 11.8 Å². The van der Waals surface area contributed by atoms with Crippen LogP contribution in [0.15, 0.2) is 24.3 Å². The molecular weight excluding hydrogens is 248 g/mol. The fourth-order valence-electron chi connectivity index (χ4n) is 3.23. The fraction of sp³-hybridized carbons (Fsp3) is 0.556. The largest absolute Gasteiger partial charge is 0.303 e. The van der Waals surface area contributed by atoms with Gasteiger partial charge in [0, 0.05) is 17.9 Å². The normalized spacial score (nSPS) is 24.1. The number of carbonyl (C=O) groups excluding carboxylic acids is 2. The SMILES string of the molecule is CCC(=O)c1ccc(C2CCC(C(C)C=O)CC2)cc1. The summed E-state index contributed by atoms with van der Waals surface area (Å²) >= 11 is 0. The summed E-state index contributed by atoms with van der Waals surface area (Å²) in [5.74, 6) is 1.56. The minimum absolute atomic E-state index is 0.195. The van der Waals surface area contributed by atoms with Gasteiger partial charge in [-0.25, -0.2) is 0 Å². The summed E-state index contributed by atoms with van der Waals surface area (Å²) in [5, 5.41) is 0. The highest BCUT2D eigenvalue weighted by atomic mass is 16.1. The van der Waals surface area contributed by atoms with Crippen molar-refractivity contribution in [2.45, 2.75) is 51.9 Å². The Morgan fingerprint density at radius 1 is 1.20 bits per heavy atom. The van der Waals surface area contributed by atoms with E-state index in [-0.39, 0.29) is 11.7 Å². The van der Waals surface area contributed by atoms with Crippen LogP contribution in [0.25, 0.3) is 0 Å². The number of ketones is 1. The third-order valence-corrected chi connectivity index (χ3v) is 4.76. The first kappa shape index (κ1) is 15.0. The molecule has 1 saturated carbocycles. The van der Waals surface area contributed by atoms with Crippen LogP contribution in [-0.4, -0.2) is 12.1 Å². The maximum absolute atomic E-state index is 11.6. The molecular formula is C18H24O2. The van der Waals surface area contributed by atoms with Crippen molar-refractivity contribution in [3.63, 3.8) is 0 Å². The maximum atomic E-state index is 11.6. The van der Waals surface area contributed by atoms with Crippen molar-refractivity contribution in [3.05, 3.63) is 35.4 Å². The second-order valence-electron chi connectivity index (χ2n) is 6.01. The van der Waals surface area contributed by atoms with Crippen LogP contribution in [0.1, 0.15) is 67.8 Å².